The monoisotopic (exact) mass is 211 g/mol. The normalized spacial score (nSPS) is 8.00. The van der Waals surface area contributed by atoms with Crippen molar-refractivity contribution >= 4 is 29.2 Å². The fourth-order valence-corrected chi connectivity index (χ4v) is 0.598. The minimum atomic E-state index is -0.649. The van der Waals surface area contributed by atoms with E-state index in [-0.39, 0.29) is 12.4 Å². The van der Waals surface area contributed by atoms with Gasteiger partial charge in [-0.25, -0.2) is 0 Å². The molecule has 0 rings (SSSR count). The van der Waals surface area contributed by atoms with Gasteiger partial charge in [0.15, 0.2) is 0 Å². The van der Waals surface area contributed by atoms with Gasteiger partial charge in [0, 0.05) is 6.92 Å². The van der Waals surface area contributed by atoms with Crippen molar-refractivity contribution in [2.24, 2.45) is 0 Å². The molecule has 0 aromatic carbocycles. The van der Waals surface area contributed by atoms with Crippen LogP contribution in [0.1, 0.15) is 20.3 Å². The molecular weight excluding hydrogens is 201 g/mol. The Morgan fingerprint density at radius 2 is 2.08 bits per heavy atom. The fraction of sp³-hybridized carbons (Fsp3) is 0.714. The molecule has 0 amide bonds. The summed E-state index contributed by atoms with van der Waals surface area (Å²) in [4.78, 5) is 9.81. The molecule has 3 nitrogen and oxygen atoms in total. The molecule has 0 fully saturated rings. The summed E-state index contributed by atoms with van der Waals surface area (Å²) in [5.41, 5.74) is 0. The maximum atomic E-state index is 10.5. The number of rotatable bonds is 3. The van der Waals surface area contributed by atoms with E-state index in [0.29, 0.717) is 6.61 Å². The van der Waals surface area contributed by atoms with E-state index in [1.54, 1.807) is 13.0 Å². The molecule has 0 N–H and O–H groups in total. The topological polar surface area (TPSA) is 50.1 Å². The van der Waals surface area contributed by atoms with Crippen molar-refractivity contribution in [1.29, 1.82) is 5.26 Å². The van der Waals surface area contributed by atoms with Gasteiger partial charge in [-0.2, -0.15) is 5.26 Å². The molecule has 0 aliphatic rings. The van der Waals surface area contributed by atoms with E-state index < -0.39 is 4.84 Å². The Balaban J connectivity index is 0. The summed E-state index contributed by atoms with van der Waals surface area (Å²) in [5, 5.41) is 7.32. The molecule has 0 saturated heterocycles. The van der Waals surface area contributed by atoms with E-state index in [1.807, 2.05) is 0 Å². The van der Waals surface area contributed by atoms with E-state index in [0.717, 1.165) is 0 Å². The number of halogens is 2. The van der Waals surface area contributed by atoms with Gasteiger partial charge in [0.25, 0.3) is 0 Å². The van der Waals surface area contributed by atoms with Crippen molar-refractivity contribution in [3.8, 4) is 6.07 Å². The molecule has 0 unspecified atom stereocenters. The Bertz CT molecular complexity index is 154. The van der Waals surface area contributed by atoms with Crippen LogP contribution in [0.5, 0.6) is 0 Å². The average molecular weight is 212 g/mol. The van der Waals surface area contributed by atoms with Crippen molar-refractivity contribution in [1.82, 2.24) is 0 Å². The van der Waals surface area contributed by atoms with E-state index in [9.17, 15) is 4.79 Å². The van der Waals surface area contributed by atoms with Crippen LogP contribution in [-0.4, -0.2) is 17.4 Å². The summed E-state index contributed by atoms with van der Waals surface area (Å²) < 4.78 is 4.54. The van der Waals surface area contributed by atoms with Crippen molar-refractivity contribution in [3.05, 3.63) is 0 Å². The van der Waals surface area contributed by atoms with Gasteiger partial charge in [-0.15, -0.1) is 23.2 Å². The predicted octanol–water partition coefficient (Wildman–Crippen LogP) is 2.27. The molecule has 0 spiro atoms. The van der Waals surface area contributed by atoms with Gasteiger partial charge < -0.3 is 4.74 Å². The molecule has 0 bridgehead atoms. The van der Waals surface area contributed by atoms with E-state index >= 15 is 0 Å². The van der Waals surface area contributed by atoms with Gasteiger partial charge >= 0.3 is 5.97 Å². The van der Waals surface area contributed by atoms with Crippen LogP contribution in [-0.2, 0) is 9.53 Å². The summed E-state index contributed by atoms with van der Waals surface area (Å²) >= 11 is 10.5. The van der Waals surface area contributed by atoms with Crippen LogP contribution in [0.3, 0.4) is 0 Å². The zero-order valence-electron chi connectivity index (χ0n) is 7.01. The SMILES string of the molecule is CC#N.CCOC(=O)CC(Cl)Cl. The number of nitrogens with zero attached hydrogens (tertiary/aromatic N) is 1. The van der Waals surface area contributed by atoms with Crippen LogP contribution >= 0.6 is 23.2 Å². The summed E-state index contributed by atoms with van der Waals surface area (Å²) in [6.45, 7) is 3.54. The first-order valence-corrected chi connectivity index (χ1v) is 4.20. The zero-order chi connectivity index (χ0) is 9.98. The van der Waals surface area contributed by atoms with Crippen molar-refractivity contribution < 1.29 is 9.53 Å². The second kappa shape index (κ2) is 10.5. The first-order valence-electron chi connectivity index (χ1n) is 3.33. The van der Waals surface area contributed by atoms with Gasteiger partial charge in [0.2, 0.25) is 0 Å². The van der Waals surface area contributed by atoms with Gasteiger partial charge in [-0.05, 0) is 6.92 Å². The number of esters is 1. The molecule has 12 heavy (non-hydrogen) atoms. The Morgan fingerprint density at radius 3 is 2.33 bits per heavy atom. The maximum absolute atomic E-state index is 10.5. The number of nitriles is 1. The minimum Gasteiger partial charge on any atom is -0.466 e. The molecule has 0 atom stereocenters. The third-order valence-electron chi connectivity index (χ3n) is 0.626. The van der Waals surface area contributed by atoms with Gasteiger partial charge in [-0.1, -0.05) is 0 Å². The maximum Gasteiger partial charge on any atom is 0.308 e. The largest absolute Gasteiger partial charge is 0.466 e. The highest BCUT2D eigenvalue weighted by atomic mass is 35.5. The standard InChI is InChI=1S/C5H8Cl2O2.C2H3N/c1-2-9-5(8)3-4(6)7;1-2-3/h4H,2-3H2,1H3;1H3. The molecule has 0 aliphatic carbocycles. The van der Waals surface area contributed by atoms with Crippen LogP contribution in [0.15, 0.2) is 0 Å². The molecule has 5 heteroatoms. The number of alkyl halides is 2. The number of carbonyl (C=O) groups is 1. The highest BCUT2D eigenvalue weighted by Gasteiger charge is 2.06. The van der Waals surface area contributed by atoms with Crippen molar-refractivity contribution in [2.75, 3.05) is 6.61 Å². The summed E-state index contributed by atoms with van der Waals surface area (Å²) in [7, 11) is 0. The lowest BCUT2D eigenvalue weighted by molar-refractivity contribution is -0.142. The molecule has 0 radical (unpaired) electrons. The highest BCUT2D eigenvalue weighted by molar-refractivity contribution is 6.45. The number of ether oxygens (including phenoxy) is 1. The third-order valence-corrected chi connectivity index (χ3v) is 0.935. The summed E-state index contributed by atoms with van der Waals surface area (Å²) in [6, 6.07) is 1.75. The van der Waals surface area contributed by atoms with Gasteiger partial charge in [0.05, 0.1) is 19.1 Å². The minimum absolute atomic E-state index is 0.0664. The highest BCUT2D eigenvalue weighted by Crippen LogP contribution is 2.07. The molecular formula is C7H11Cl2NO2. The Kier molecular flexibility index (Phi) is 12.4. The van der Waals surface area contributed by atoms with Crippen LogP contribution in [0.4, 0.5) is 0 Å². The average Bonchev–Trinajstić information content (AvgIpc) is 1.87. The van der Waals surface area contributed by atoms with Crippen molar-refractivity contribution in [3.63, 3.8) is 0 Å². The third kappa shape index (κ3) is 16.3. The first kappa shape index (κ1) is 14.1. The molecule has 0 aromatic heterocycles. The lowest BCUT2D eigenvalue weighted by Gasteiger charge is -1.99. The van der Waals surface area contributed by atoms with Crippen LogP contribution < -0.4 is 0 Å². The summed E-state index contributed by atoms with van der Waals surface area (Å²) in [5.74, 6) is -0.354. The second-order valence-electron chi connectivity index (χ2n) is 1.62. The van der Waals surface area contributed by atoms with E-state index in [4.69, 9.17) is 28.5 Å². The Hall–Kier alpha value is -0.460. The molecule has 0 saturated carbocycles. The van der Waals surface area contributed by atoms with Gasteiger partial charge in [0.1, 0.15) is 4.84 Å². The van der Waals surface area contributed by atoms with E-state index in [1.165, 1.54) is 6.92 Å². The zero-order valence-corrected chi connectivity index (χ0v) is 8.52. The lowest BCUT2D eigenvalue weighted by atomic mass is 10.5. The Morgan fingerprint density at radius 1 is 1.67 bits per heavy atom. The Labute approximate surface area is 82.2 Å². The molecule has 70 valence electrons. The number of hydrogen-bond donors (Lipinski definition) is 0. The van der Waals surface area contributed by atoms with Crippen LogP contribution in [0.2, 0.25) is 0 Å². The number of carbonyl (C=O) groups excluding carboxylic acids is 1. The molecule has 0 aromatic rings. The predicted molar refractivity (Wildman–Crippen MR) is 48.0 cm³/mol. The van der Waals surface area contributed by atoms with Crippen molar-refractivity contribution in [2.45, 2.75) is 25.1 Å². The molecule has 0 aliphatic heterocycles. The van der Waals surface area contributed by atoms with Crippen LogP contribution in [0.25, 0.3) is 0 Å². The second-order valence-corrected chi connectivity index (χ2v) is 2.90. The quantitative estimate of drug-likeness (QED) is 0.532. The van der Waals surface area contributed by atoms with E-state index in [2.05, 4.69) is 4.74 Å². The molecule has 0 heterocycles. The first-order chi connectivity index (χ1) is 5.58. The van der Waals surface area contributed by atoms with Crippen LogP contribution in [0, 0.1) is 11.3 Å². The smallest absolute Gasteiger partial charge is 0.308 e. The summed E-state index contributed by atoms with van der Waals surface area (Å²) in [6.07, 6.45) is 0.0664. The lowest BCUT2D eigenvalue weighted by Crippen LogP contribution is -2.07. The number of hydrogen-bond acceptors (Lipinski definition) is 3. The van der Waals surface area contributed by atoms with Gasteiger partial charge in [-0.3, -0.25) is 4.79 Å². The fourth-order valence-electron chi connectivity index (χ4n) is 0.346.